The number of rotatable bonds is 2. The summed E-state index contributed by atoms with van der Waals surface area (Å²) in [4.78, 5) is 9.49. The van der Waals surface area contributed by atoms with Gasteiger partial charge in [-0.1, -0.05) is 22.0 Å². The highest BCUT2D eigenvalue weighted by Crippen LogP contribution is 2.39. The molecule has 7 heteroatoms. The fourth-order valence-electron chi connectivity index (χ4n) is 1.40. The second kappa shape index (κ2) is 4.40. The lowest BCUT2D eigenvalue weighted by molar-refractivity contribution is -0.388. The number of alkyl halides is 4. The van der Waals surface area contributed by atoms with E-state index < -0.39 is 22.4 Å². The van der Waals surface area contributed by atoms with E-state index in [-0.39, 0.29) is 10.9 Å². The summed E-state index contributed by atoms with van der Waals surface area (Å²) in [6.07, 6.45) is -4.72. The van der Waals surface area contributed by atoms with E-state index in [2.05, 4.69) is 15.9 Å². The van der Waals surface area contributed by atoms with Crippen LogP contribution in [-0.2, 0) is 11.5 Å². The first-order valence-electron chi connectivity index (χ1n) is 4.19. The Hall–Kier alpha value is -1.11. The van der Waals surface area contributed by atoms with Crippen LogP contribution in [0.25, 0.3) is 0 Å². The highest BCUT2D eigenvalue weighted by Gasteiger charge is 2.40. The van der Waals surface area contributed by atoms with Gasteiger partial charge < -0.3 is 0 Å². The van der Waals surface area contributed by atoms with Crippen LogP contribution in [0, 0.1) is 17.0 Å². The van der Waals surface area contributed by atoms with Crippen molar-refractivity contribution in [3.8, 4) is 0 Å². The number of halogens is 4. The van der Waals surface area contributed by atoms with E-state index in [0.717, 1.165) is 6.07 Å². The van der Waals surface area contributed by atoms with E-state index >= 15 is 0 Å². The van der Waals surface area contributed by atoms with Crippen LogP contribution in [-0.4, -0.2) is 4.92 Å². The molecule has 0 aliphatic carbocycles. The van der Waals surface area contributed by atoms with Crippen LogP contribution >= 0.6 is 15.9 Å². The molecule has 1 aromatic carbocycles. The second-order valence-electron chi connectivity index (χ2n) is 3.13. The minimum absolute atomic E-state index is 0.112. The van der Waals surface area contributed by atoms with Gasteiger partial charge in [0.05, 0.1) is 4.92 Å². The van der Waals surface area contributed by atoms with Crippen LogP contribution in [0.5, 0.6) is 0 Å². The Kier molecular flexibility index (Phi) is 3.57. The van der Waals surface area contributed by atoms with Crippen molar-refractivity contribution in [3.63, 3.8) is 0 Å². The Morgan fingerprint density at radius 3 is 2.38 bits per heavy atom. The molecule has 0 heterocycles. The summed E-state index contributed by atoms with van der Waals surface area (Å²) in [6, 6.07) is 2.20. The van der Waals surface area contributed by atoms with Gasteiger partial charge in [0.2, 0.25) is 0 Å². The monoisotopic (exact) mass is 297 g/mol. The van der Waals surface area contributed by atoms with Crippen LogP contribution in [0.1, 0.15) is 16.7 Å². The van der Waals surface area contributed by atoms with Crippen LogP contribution in [0.3, 0.4) is 0 Å². The molecule has 0 aliphatic rings. The Bertz CT molecular complexity index is 431. The van der Waals surface area contributed by atoms with Gasteiger partial charge in [-0.05, 0) is 18.1 Å². The van der Waals surface area contributed by atoms with Crippen LogP contribution < -0.4 is 0 Å². The number of benzene rings is 1. The smallest absolute Gasteiger partial charge is 0.258 e. The van der Waals surface area contributed by atoms with Gasteiger partial charge in [-0.25, -0.2) is 0 Å². The molecule has 0 amide bonds. The molecule has 0 radical (unpaired) electrons. The Morgan fingerprint density at radius 2 is 2.00 bits per heavy atom. The molecule has 0 spiro atoms. The average molecular weight is 298 g/mol. The third kappa shape index (κ3) is 2.34. The van der Waals surface area contributed by atoms with Crippen molar-refractivity contribution in [3.05, 3.63) is 38.9 Å². The summed E-state index contributed by atoms with van der Waals surface area (Å²) >= 11 is 3.03. The Morgan fingerprint density at radius 1 is 1.44 bits per heavy atom. The van der Waals surface area contributed by atoms with Crippen molar-refractivity contribution < 1.29 is 18.1 Å². The predicted octanol–water partition coefficient (Wildman–Crippen LogP) is 3.82. The number of hydrogen-bond acceptors (Lipinski definition) is 2. The molecule has 3 nitrogen and oxygen atoms in total. The van der Waals surface area contributed by atoms with Gasteiger partial charge in [0, 0.05) is 11.4 Å². The minimum Gasteiger partial charge on any atom is -0.258 e. The molecule has 0 fully saturated rings. The fourth-order valence-corrected chi connectivity index (χ4v) is 2.00. The maximum atomic E-state index is 12.7. The van der Waals surface area contributed by atoms with Crippen LogP contribution in [0.4, 0.5) is 18.9 Å². The summed E-state index contributed by atoms with van der Waals surface area (Å²) in [5.74, 6) is 0. The van der Waals surface area contributed by atoms with E-state index in [4.69, 9.17) is 0 Å². The zero-order valence-corrected chi connectivity index (χ0v) is 9.72. The van der Waals surface area contributed by atoms with E-state index in [1.165, 1.54) is 13.0 Å². The standard InChI is InChI=1S/C9H7BrF3NO2/c1-5-6(4-10)2-3-7(14(15)16)8(5)9(11,12)13/h2-3H,4H2,1H3. The summed E-state index contributed by atoms with van der Waals surface area (Å²) in [5.41, 5.74) is -1.80. The van der Waals surface area contributed by atoms with Gasteiger partial charge >= 0.3 is 6.18 Å². The van der Waals surface area contributed by atoms with Crippen molar-refractivity contribution in [1.82, 2.24) is 0 Å². The maximum absolute atomic E-state index is 12.7. The summed E-state index contributed by atoms with van der Waals surface area (Å²) in [7, 11) is 0. The van der Waals surface area contributed by atoms with Gasteiger partial charge in [-0.3, -0.25) is 10.1 Å². The predicted molar refractivity (Wildman–Crippen MR) is 55.5 cm³/mol. The van der Waals surface area contributed by atoms with Gasteiger partial charge in [-0.15, -0.1) is 0 Å². The second-order valence-corrected chi connectivity index (χ2v) is 3.69. The fraction of sp³-hybridized carbons (Fsp3) is 0.333. The molecule has 0 N–H and O–H groups in total. The van der Waals surface area contributed by atoms with Crippen molar-refractivity contribution in [2.24, 2.45) is 0 Å². The van der Waals surface area contributed by atoms with E-state index in [1.807, 2.05) is 0 Å². The molecule has 16 heavy (non-hydrogen) atoms. The molecule has 0 atom stereocenters. The first-order valence-corrected chi connectivity index (χ1v) is 5.31. The van der Waals surface area contributed by atoms with Crippen molar-refractivity contribution in [2.45, 2.75) is 18.4 Å². The van der Waals surface area contributed by atoms with E-state index in [9.17, 15) is 23.3 Å². The molecule has 1 rings (SSSR count). The van der Waals surface area contributed by atoms with Gasteiger partial charge in [0.25, 0.3) is 5.69 Å². The molecule has 1 aromatic rings. The maximum Gasteiger partial charge on any atom is 0.423 e. The average Bonchev–Trinajstić information content (AvgIpc) is 2.14. The lowest BCUT2D eigenvalue weighted by Crippen LogP contribution is -2.12. The molecule has 88 valence electrons. The molecular weight excluding hydrogens is 291 g/mol. The first kappa shape index (κ1) is 13.0. The zero-order chi connectivity index (χ0) is 12.5. The van der Waals surface area contributed by atoms with E-state index in [0.29, 0.717) is 5.56 Å². The summed E-state index contributed by atoms with van der Waals surface area (Å²) in [5, 5.41) is 10.7. The Balaban J connectivity index is 3.56. The van der Waals surface area contributed by atoms with Gasteiger partial charge in [0.1, 0.15) is 5.56 Å². The normalized spacial score (nSPS) is 11.6. The molecular formula is C9H7BrF3NO2. The highest BCUT2D eigenvalue weighted by molar-refractivity contribution is 9.08. The minimum atomic E-state index is -4.72. The summed E-state index contributed by atoms with van der Waals surface area (Å²) < 4.78 is 38.0. The summed E-state index contributed by atoms with van der Waals surface area (Å²) in [6.45, 7) is 1.23. The van der Waals surface area contributed by atoms with Crippen molar-refractivity contribution in [1.29, 1.82) is 0 Å². The van der Waals surface area contributed by atoms with Gasteiger partial charge in [-0.2, -0.15) is 13.2 Å². The lowest BCUT2D eigenvalue weighted by atomic mass is 10.0. The van der Waals surface area contributed by atoms with Crippen molar-refractivity contribution in [2.75, 3.05) is 0 Å². The first-order chi connectivity index (χ1) is 7.29. The molecule has 0 saturated heterocycles. The largest absolute Gasteiger partial charge is 0.423 e. The van der Waals surface area contributed by atoms with Gasteiger partial charge in [0.15, 0.2) is 0 Å². The highest BCUT2D eigenvalue weighted by atomic mass is 79.9. The Labute approximate surface area is 97.5 Å². The molecule has 0 unspecified atom stereocenters. The van der Waals surface area contributed by atoms with Crippen LogP contribution in [0.15, 0.2) is 12.1 Å². The number of hydrogen-bond donors (Lipinski definition) is 0. The topological polar surface area (TPSA) is 43.1 Å². The third-order valence-electron chi connectivity index (χ3n) is 2.18. The third-order valence-corrected chi connectivity index (χ3v) is 2.78. The number of nitro benzene ring substituents is 1. The SMILES string of the molecule is Cc1c(CBr)ccc([N+](=O)[O-])c1C(F)(F)F. The molecule has 0 bridgehead atoms. The lowest BCUT2D eigenvalue weighted by Gasteiger charge is -2.12. The van der Waals surface area contributed by atoms with Crippen molar-refractivity contribution >= 4 is 21.6 Å². The number of nitro groups is 1. The zero-order valence-electron chi connectivity index (χ0n) is 8.14. The molecule has 0 aromatic heterocycles. The molecule has 0 aliphatic heterocycles. The molecule has 0 saturated carbocycles. The van der Waals surface area contributed by atoms with E-state index in [1.54, 1.807) is 0 Å². The number of nitrogens with zero attached hydrogens (tertiary/aromatic N) is 1. The van der Waals surface area contributed by atoms with Crippen LogP contribution in [0.2, 0.25) is 0 Å². The quantitative estimate of drug-likeness (QED) is 0.473.